The lowest BCUT2D eigenvalue weighted by atomic mass is 10.1. The minimum absolute atomic E-state index is 0.190. The van der Waals surface area contributed by atoms with Gasteiger partial charge in [-0.1, -0.05) is 24.3 Å². The van der Waals surface area contributed by atoms with Gasteiger partial charge in [-0.25, -0.2) is 8.78 Å². The highest BCUT2D eigenvalue weighted by Crippen LogP contribution is 2.16. The van der Waals surface area contributed by atoms with Crippen molar-refractivity contribution in [2.75, 3.05) is 0 Å². The number of nitrogens with zero attached hydrogens (tertiary/aromatic N) is 1. The number of rotatable bonds is 5. The van der Waals surface area contributed by atoms with Crippen LogP contribution in [0.3, 0.4) is 0 Å². The molecule has 0 saturated carbocycles. The van der Waals surface area contributed by atoms with E-state index >= 15 is 0 Å². The molecule has 0 bridgehead atoms. The van der Waals surface area contributed by atoms with E-state index in [1.807, 2.05) is 24.3 Å². The first-order chi connectivity index (χ1) is 11.6. The molecular formula is C17H16F2N4O. The van der Waals surface area contributed by atoms with Crippen LogP contribution < -0.4 is 11.1 Å². The molecule has 124 valence electrons. The SMILES string of the molecule is NC(Cc1[nH]nc2ccccc12)C(=O)NCc1c(F)cccc1F. The topological polar surface area (TPSA) is 83.8 Å². The number of hydrogen-bond donors (Lipinski definition) is 3. The first kappa shape index (κ1) is 16.1. The number of nitrogens with two attached hydrogens (primary N) is 1. The maximum atomic E-state index is 13.5. The maximum absolute atomic E-state index is 13.5. The van der Waals surface area contributed by atoms with E-state index < -0.39 is 23.6 Å². The van der Waals surface area contributed by atoms with Gasteiger partial charge in [-0.05, 0) is 18.2 Å². The van der Waals surface area contributed by atoms with Crippen molar-refractivity contribution in [3.8, 4) is 0 Å². The average molecular weight is 330 g/mol. The summed E-state index contributed by atoms with van der Waals surface area (Å²) in [6.45, 7) is -0.255. The zero-order valence-electron chi connectivity index (χ0n) is 12.7. The second-order valence-corrected chi connectivity index (χ2v) is 5.45. The summed E-state index contributed by atoms with van der Waals surface area (Å²) < 4.78 is 27.1. The van der Waals surface area contributed by atoms with Crippen molar-refractivity contribution in [1.82, 2.24) is 15.5 Å². The van der Waals surface area contributed by atoms with Gasteiger partial charge >= 0.3 is 0 Å². The first-order valence-electron chi connectivity index (χ1n) is 7.44. The molecule has 24 heavy (non-hydrogen) atoms. The van der Waals surface area contributed by atoms with Gasteiger partial charge in [0.05, 0.1) is 11.6 Å². The van der Waals surface area contributed by atoms with Crippen LogP contribution in [0.5, 0.6) is 0 Å². The van der Waals surface area contributed by atoms with E-state index in [4.69, 9.17) is 5.73 Å². The summed E-state index contributed by atoms with van der Waals surface area (Å²) in [5.41, 5.74) is 7.23. The Hall–Kier alpha value is -2.80. The predicted molar refractivity (Wildman–Crippen MR) is 86.0 cm³/mol. The van der Waals surface area contributed by atoms with Crippen LogP contribution in [0.25, 0.3) is 10.9 Å². The Bertz CT molecular complexity index is 858. The molecule has 1 atom stereocenters. The molecule has 3 aromatic rings. The summed E-state index contributed by atoms with van der Waals surface area (Å²) >= 11 is 0. The van der Waals surface area contributed by atoms with Gasteiger partial charge in [0.25, 0.3) is 0 Å². The highest BCUT2D eigenvalue weighted by Gasteiger charge is 2.18. The number of hydrogen-bond acceptors (Lipinski definition) is 3. The van der Waals surface area contributed by atoms with Gasteiger partial charge in [0, 0.05) is 29.6 Å². The fourth-order valence-corrected chi connectivity index (χ4v) is 2.49. The van der Waals surface area contributed by atoms with Crippen molar-refractivity contribution in [3.05, 3.63) is 65.4 Å². The summed E-state index contributed by atoms with van der Waals surface area (Å²) in [5.74, 6) is -1.90. The number of benzene rings is 2. The van der Waals surface area contributed by atoms with Crippen molar-refractivity contribution >= 4 is 16.8 Å². The molecule has 5 nitrogen and oxygen atoms in total. The molecule has 1 heterocycles. The third kappa shape index (κ3) is 3.26. The highest BCUT2D eigenvalue weighted by molar-refractivity contribution is 5.84. The highest BCUT2D eigenvalue weighted by atomic mass is 19.1. The molecule has 0 saturated heterocycles. The zero-order valence-corrected chi connectivity index (χ0v) is 12.7. The van der Waals surface area contributed by atoms with E-state index in [0.29, 0.717) is 0 Å². The maximum Gasteiger partial charge on any atom is 0.237 e. The van der Waals surface area contributed by atoms with Gasteiger partial charge in [-0.2, -0.15) is 5.10 Å². The van der Waals surface area contributed by atoms with E-state index in [0.717, 1.165) is 28.7 Å². The van der Waals surface area contributed by atoms with Crippen molar-refractivity contribution in [1.29, 1.82) is 0 Å². The third-order valence-corrected chi connectivity index (χ3v) is 3.80. The van der Waals surface area contributed by atoms with Crippen LogP contribution >= 0.6 is 0 Å². The Balaban J connectivity index is 1.65. The molecule has 0 radical (unpaired) electrons. The molecule has 1 aromatic heterocycles. The number of fused-ring (bicyclic) bond motifs is 1. The van der Waals surface area contributed by atoms with E-state index in [1.165, 1.54) is 6.07 Å². The number of nitrogens with one attached hydrogen (secondary N) is 2. The second-order valence-electron chi connectivity index (χ2n) is 5.45. The Morgan fingerprint density at radius 2 is 1.88 bits per heavy atom. The van der Waals surface area contributed by atoms with Crippen LogP contribution in [0.1, 0.15) is 11.3 Å². The molecule has 4 N–H and O–H groups in total. The molecular weight excluding hydrogens is 314 g/mol. The Morgan fingerprint density at radius 3 is 2.62 bits per heavy atom. The average Bonchev–Trinajstić information content (AvgIpc) is 2.97. The fraction of sp³-hybridized carbons (Fsp3) is 0.176. The number of aromatic nitrogens is 2. The number of carbonyl (C=O) groups excluding carboxylic acids is 1. The summed E-state index contributed by atoms with van der Waals surface area (Å²) in [6, 6.07) is 10.2. The lowest BCUT2D eigenvalue weighted by molar-refractivity contribution is -0.122. The molecule has 1 unspecified atom stereocenters. The Labute approximate surface area is 136 Å². The van der Waals surface area contributed by atoms with Crippen LogP contribution in [0.4, 0.5) is 8.78 Å². The van der Waals surface area contributed by atoms with Crippen molar-refractivity contribution in [3.63, 3.8) is 0 Å². The van der Waals surface area contributed by atoms with Gasteiger partial charge in [0.2, 0.25) is 5.91 Å². The van der Waals surface area contributed by atoms with Crippen molar-refractivity contribution in [2.45, 2.75) is 19.0 Å². The van der Waals surface area contributed by atoms with E-state index in [2.05, 4.69) is 15.5 Å². The van der Waals surface area contributed by atoms with Gasteiger partial charge in [-0.3, -0.25) is 9.89 Å². The summed E-state index contributed by atoms with van der Waals surface area (Å²) in [5, 5.41) is 10.4. The predicted octanol–water partition coefficient (Wildman–Crippen LogP) is 2.03. The van der Waals surface area contributed by atoms with Crippen LogP contribution in [0, 0.1) is 11.6 Å². The van der Waals surface area contributed by atoms with E-state index in [9.17, 15) is 13.6 Å². The van der Waals surface area contributed by atoms with Crippen LogP contribution in [0.2, 0.25) is 0 Å². The van der Waals surface area contributed by atoms with Crippen LogP contribution in [-0.4, -0.2) is 22.1 Å². The molecule has 7 heteroatoms. The normalized spacial score (nSPS) is 12.3. The third-order valence-electron chi connectivity index (χ3n) is 3.80. The number of amides is 1. The minimum Gasteiger partial charge on any atom is -0.350 e. The lowest BCUT2D eigenvalue weighted by Gasteiger charge is -2.12. The Morgan fingerprint density at radius 1 is 1.17 bits per heavy atom. The van der Waals surface area contributed by atoms with Crippen LogP contribution in [0.15, 0.2) is 42.5 Å². The smallest absolute Gasteiger partial charge is 0.237 e. The molecule has 0 aliphatic heterocycles. The van der Waals surface area contributed by atoms with Gasteiger partial charge in [0.15, 0.2) is 0 Å². The molecule has 2 aromatic carbocycles. The zero-order chi connectivity index (χ0) is 17.1. The number of carbonyl (C=O) groups is 1. The number of H-pyrrole nitrogens is 1. The minimum atomic E-state index is -0.858. The second kappa shape index (κ2) is 6.76. The molecule has 0 aliphatic rings. The summed E-state index contributed by atoms with van der Waals surface area (Å²) in [6.07, 6.45) is 0.242. The van der Waals surface area contributed by atoms with Crippen molar-refractivity contribution in [2.24, 2.45) is 5.73 Å². The first-order valence-corrected chi connectivity index (χ1v) is 7.44. The van der Waals surface area contributed by atoms with Gasteiger partial charge in [0.1, 0.15) is 11.6 Å². The number of halogens is 2. The van der Waals surface area contributed by atoms with E-state index in [-0.39, 0.29) is 18.5 Å². The molecule has 3 rings (SSSR count). The van der Waals surface area contributed by atoms with Crippen LogP contribution in [-0.2, 0) is 17.8 Å². The summed E-state index contributed by atoms with van der Waals surface area (Å²) in [7, 11) is 0. The lowest BCUT2D eigenvalue weighted by Crippen LogP contribution is -2.42. The monoisotopic (exact) mass is 330 g/mol. The molecule has 1 amide bonds. The van der Waals surface area contributed by atoms with Crippen molar-refractivity contribution < 1.29 is 13.6 Å². The quantitative estimate of drug-likeness (QED) is 0.669. The van der Waals surface area contributed by atoms with Gasteiger partial charge < -0.3 is 11.1 Å². The van der Waals surface area contributed by atoms with Gasteiger partial charge in [-0.15, -0.1) is 0 Å². The number of aromatic amines is 1. The fourth-order valence-electron chi connectivity index (χ4n) is 2.49. The summed E-state index contributed by atoms with van der Waals surface area (Å²) in [4.78, 5) is 12.1. The van der Waals surface area contributed by atoms with E-state index in [1.54, 1.807) is 0 Å². The Kier molecular flexibility index (Phi) is 4.52. The molecule has 0 aliphatic carbocycles. The molecule has 0 fully saturated rings. The molecule has 0 spiro atoms. The number of para-hydroxylation sites is 1. The largest absolute Gasteiger partial charge is 0.350 e. The standard InChI is InChI=1S/C17H16F2N4O/c18-12-5-3-6-13(19)11(12)9-21-17(24)14(20)8-16-10-4-1-2-7-15(10)22-23-16/h1-7,14H,8-9,20H2,(H,21,24)(H,22,23).